The number of carbonyl (C=O) groups is 3. The van der Waals surface area contributed by atoms with Crippen LogP contribution in [0.25, 0.3) is 0 Å². The normalized spacial score (nSPS) is 26.1. The number of amides is 3. The van der Waals surface area contributed by atoms with Gasteiger partial charge in [-0.25, -0.2) is 9.29 Å². The molecule has 3 aliphatic heterocycles. The van der Waals surface area contributed by atoms with E-state index >= 15 is 0 Å². The van der Waals surface area contributed by atoms with Crippen molar-refractivity contribution in [1.29, 1.82) is 0 Å². The van der Waals surface area contributed by atoms with Crippen molar-refractivity contribution in [2.45, 2.75) is 38.4 Å². The zero-order chi connectivity index (χ0) is 26.8. The maximum atomic E-state index is 14.7. The largest absolute Gasteiger partial charge is 0.306 e. The van der Waals surface area contributed by atoms with Crippen LogP contribution in [0.4, 0.5) is 15.8 Å². The number of nitrogens with zero attached hydrogens (tertiary/aromatic N) is 2. The van der Waals surface area contributed by atoms with E-state index in [1.807, 2.05) is 38.1 Å². The highest BCUT2D eigenvalue weighted by atomic mass is 35.5. The van der Waals surface area contributed by atoms with Gasteiger partial charge in [0.05, 0.1) is 24.1 Å². The van der Waals surface area contributed by atoms with Crippen LogP contribution < -0.4 is 15.1 Å². The summed E-state index contributed by atoms with van der Waals surface area (Å²) in [4.78, 5) is 45.3. The van der Waals surface area contributed by atoms with Crippen LogP contribution in [0, 0.1) is 23.6 Å². The van der Waals surface area contributed by atoms with E-state index in [1.54, 1.807) is 42.5 Å². The number of benzene rings is 3. The third-order valence-corrected chi connectivity index (χ3v) is 8.18. The van der Waals surface area contributed by atoms with Gasteiger partial charge in [-0.3, -0.25) is 19.7 Å². The average molecular weight is 532 g/mol. The fraction of sp³-hybridized carbons (Fsp3) is 0.300. The van der Waals surface area contributed by atoms with Gasteiger partial charge in [0.2, 0.25) is 11.8 Å². The molecule has 4 atom stereocenters. The molecule has 3 aromatic carbocycles. The maximum Gasteiger partial charge on any atom is 0.253 e. The molecule has 6 rings (SSSR count). The van der Waals surface area contributed by atoms with E-state index in [0.717, 1.165) is 0 Å². The summed E-state index contributed by atoms with van der Waals surface area (Å²) in [6.45, 7) is 4.11. The van der Waals surface area contributed by atoms with Crippen LogP contribution in [-0.4, -0.2) is 23.8 Å². The van der Waals surface area contributed by atoms with E-state index < -0.39 is 35.1 Å². The Labute approximate surface area is 225 Å². The summed E-state index contributed by atoms with van der Waals surface area (Å²) in [7, 11) is 0. The summed E-state index contributed by atoms with van der Waals surface area (Å²) in [6.07, 6.45) is 0.605. The second-order valence-corrected chi connectivity index (χ2v) is 11.1. The number of rotatable bonds is 5. The Morgan fingerprint density at radius 2 is 1.71 bits per heavy atom. The Morgan fingerprint density at radius 1 is 0.974 bits per heavy atom. The Morgan fingerprint density at radius 3 is 2.45 bits per heavy atom. The second kappa shape index (κ2) is 9.03. The van der Waals surface area contributed by atoms with E-state index in [0.29, 0.717) is 33.9 Å². The first-order valence-corrected chi connectivity index (χ1v) is 13.2. The van der Waals surface area contributed by atoms with Crippen molar-refractivity contribution < 1.29 is 18.8 Å². The topological polar surface area (TPSA) is 69.7 Å². The highest BCUT2D eigenvalue weighted by Gasteiger charge is 2.71. The van der Waals surface area contributed by atoms with Crippen LogP contribution in [0.15, 0.2) is 72.8 Å². The van der Waals surface area contributed by atoms with Crippen molar-refractivity contribution in [3.05, 3.63) is 94.8 Å². The van der Waals surface area contributed by atoms with Gasteiger partial charge >= 0.3 is 0 Å². The van der Waals surface area contributed by atoms with E-state index in [-0.39, 0.29) is 24.3 Å². The molecule has 3 heterocycles. The lowest BCUT2D eigenvalue weighted by atomic mass is 9.76. The minimum Gasteiger partial charge on any atom is -0.306 e. The number of imide groups is 1. The third-order valence-electron chi connectivity index (χ3n) is 7.94. The highest BCUT2D eigenvalue weighted by molar-refractivity contribution is 6.31. The molecule has 38 heavy (non-hydrogen) atoms. The van der Waals surface area contributed by atoms with Crippen LogP contribution in [0.5, 0.6) is 0 Å². The van der Waals surface area contributed by atoms with Crippen molar-refractivity contribution >= 4 is 40.7 Å². The van der Waals surface area contributed by atoms with Crippen molar-refractivity contribution in [3.8, 4) is 0 Å². The first kappa shape index (κ1) is 24.8. The summed E-state index contributed by atoms with van der Waals surface area (Å²) < 4.78 is 14.7. The molecule has 0 radical (unpaired) electrons. The van der Waals surface area contributed by atoms with Crippen molar-refractivity contribution in [3.63, 3.8) is 0 Å². The van der Waals surface area contributed by atoms with Gasteiger partial charge in [-0.1, -0.05) is 67.9 Å². The van der Waals surface area contributed by atoms with Crippen LogP contribution in [-0.2, 0) is 26.5 Å². The van der Waals surface area contributed by atoms with E-state index in [1.165, 1.54) is 15.9 Å². The standard InChI is InChI=1S/C30H27ClFN3O3/c1-17(2)14-23-25-26(28(37)35(27(25)36)20-10-7-9-19(31)15-20)30(33-23)21-11-4-6-13-24(21)34(29(30)38)16-18-8-3-5-12-22(18)32/h3-13,15,17,23,25-26,33H,14,16H2,1-2H3/t23-,25+,26-,30-/m0/s1. The number of hydrogen-bond acceptors (Lipinski definition) is 4. The molecule has 8 heteroatoms. The molecule has 1 spiro atoms. The Kier molecular flexibility index (Phi) is 5.89. The number of halogens is 2. The Bertz CT molecular complexity index is 1480. The molecule has 0 aliphatic carbocycles. The number of fused-ring (bicyclic) bond motifs is 4. The summed E-state index contributed by atoms with van der Waals surface area (Å²) in [6, 6.07) is 19.9. The zero-order valence-corrected chi connectivity index (χ0v) is 21.8. The summed E-state index contributed by atoms with van der Waals surface area (Å²) in [5, 5.41) is 3.91. The first-order chi connectivity index (χ1) is 18.2. The number of hydrogen-bond donors (Lipinski definition) is 1. The molecule has 3 amide bonds. The maximum absolute atomic E-state index is 14.7. The minimum atomic E-state index is -1.44. The molecule has 0 saturated carbocycles. The predicted octanol–water partition coefficient (Wildman–Crippen LogP) is 5.04. The van der Waals surface area contributed by atoms with Crippen LogP contribution in [0.3, 0.4) is 0 Å². The van der Waals surface area contributed by atoms with Gasteiger partial charge in [-0.15, -0.1) is 0 Å². The van der Waals surface area contributed by atoms with Crippen molar-refractivity contribution in [2.24, 2.45) is 17.8 Å². The minimum absolute atomic E-state index is 0.0122. The van der Waals surface area contributed by atoms with E-state index in [2.05, 4.69) is 5.32 Å². The van der Waals surface area contributed by atoms with Gasteiger partial charge in [-0.2, -0.15) is 0 Å². The van der Waals surface area contributed by atoms with Crippen LogP contribution in [0.2, 0.25) is 5.02 Å². The van der Waals surface area contributed by atoms with Gasteiger partial charge in [0.1, 0.15) is 11.4 Å². The zero-order valence-electron chi connectivity index (χ0n) is 21.0. The number of nitrogens with one attached hydrogen (secondary N) is 1. The van der Waals surface area contributed by atoms with Gasteiger partial charge < -0.3 is 4.90 Å². The molecule has 2 saturated heterocycles. The Hall–Kier alpha value is -3.55. The van der Waals surface area contributed by atoms with Gasteiger partial charge in [-0.05, 0) is 42.7 Å². The van der Waals surface area contributed by atoms with Gasteiger partial charge in [0.25, 0.3) is 5.91 Å². The third kappa shape index (κ3) is 3.52. The highest BCUT2D eigenvalue weighted by Crippen LogP contribution is 2.56. The molecule has 3 aliphatic rings. The second-order valence-electron chi connectivity index (χ2n) is 10.7. The molecule has 0 aromatic heterocycles. The summed E-state index contributed by atoms with van der Waals surface area (Å²) >= 11 is 6.20. The lowest BCUT2D eigenvalue weighted by Crippen LogP contribution is -2.55. The number of anilines is 2. The van der Waals surface area contributed by atoms with Gasteiger partial charge in [0, 0.05) is 27.9 Å². The molecular weight excluding hydrogens is 505 g/mol. The quantitative estimate of drug-likeness (QED) is 0.468. The SMILES string of the molecule is CC(C)C[C@@H]1N[C@]2(C(=O)N(Cc3ccccc3F)c3ccccc32)[C@@H]2C(=O)N(c3cccc(Cl)c3)C(=O)[C@H]12. The molecular formula is C30H27ClFN3O3. The van der Waals surface area contributed by atoms with Crippen LogP contribution in [0.1, 0.15) is 31.4 Å². The molecule has 1 N–H and O–H groups in total. The smallest absolute Gasteiger partial charge is 0.253 e. The average Bonchev–Trinajstić information content (AvgIpc) is 3.44. The van der Waals surface area contributed by atoms with Gasteiger partial charge in [0.15, 0.2) is 0 Å². The lowest BCUT2D eigenvalue weighted by molar-refractivity contribution is -0.132. The fourth-order valence-corrected chi connectivity index (χ4v) is 6.67. The molecule has 6 nitrogen and oxygen atoms in total. The molecule has 2 fully saturated rings. The van der Waals surface area contributed by atoms with E-state index in [4.69, 9.17) is 11.6 Å². The molecule has 3 aromatic rings. The first-order valence-electron chi connectivity index (χ1n) is 12.8. The molecule has 0 unspecified atom stereocenters. The van der Waals surface area contributed by atoms with Crippen molar-refractivity contribution in [1.82, 2.24) is 5.32 Å². The number of para-hydroxylation sites is 1. The predicted molar refractivity (Wildman–Crippen MR) is 143 cm³/mol. The van der Waals surface area contributed by atoms with Crippen LogP contribution >= 0.6 is 11.6 Å². The Balaban J connectivity index is 1.50. The fourth-order valence-electron chi connectivity index (χ4n) is 6.48. The lowest BCUT2D eigenvalue weighted by Gasteiger charge is -2.31. The van der Waals surface area contributed by atoms with Crippen molar-refractivity contribution in [2.75, 3.05) is 9.80 Å². The monoisotopic (exact) mass is 531 g/mol. The summed E-state index contributed by atoms with van der Waals surface area (Å²) in [5.74, 6) is -2.99. The number of carbonyl (C=O) groups excluding carboxylic acids is 3. The van der Waals surface area contributed by atoms with E-state index in [9.17, 15) is 18.8 Å². The summed E-state index contributed by atoms with van der Waals surface area (Å²) in [5.41, 5.74) is 0.569. The molecule has 0 bridgehead atoms. The molecule has 194 valence electrons.